The van der Waals surface area contributed by atoms with E-state index in [0.29, 0.717) is 5.56 Å². The van der Waals surface area contributed by atoms with E-state index < -0.39 is 83.4 Å². The normalized spacial score (nSPS) is 32.9. The van der Waals surface area contributed by atoms with Gasteiger partial charge in [0.15, 0.2) is 23.6 Å². The first kappa shape index (κ1) is 28.0. The van der Waals surface area contributed by atoms with Gasteiger partial charge in [0.1, 0.15) is 64.5 Å². The zero-order valence-corrected chi connectivity index (χ0v) is 21.2. The number of phenolic OH excluding ortho intramolecular Hbond substituents is 3. The third kappa shape index (κ3) is 4.71. The quantitative estimate of drug-likeness (QED) is 0.227. The average Bonchev–Trinajstić information content (AvgIpc) is 2.91. The predicted octanol–water partition coefficient (Wildman–Crippen LogP) is 0.179. The zero-order valence-electron chi connectivity index (χ0n) is 21.2. The largest absolute Gasteiger partial charge is 0.508 e. The van der Waals surface area contributed by atoms with Crippen LogP contribution in [0.5, 0.6) is 17.2 Å². The van der Waals surface area contributed by atoms with Crippen LogP contribution in [0.15, 0.2) is 45.6 Å². The van der Waals surface area contributed by atoms with Crippen LogP contribution in [0, 0.1) is 0 Å². The van der Waals surface area contributed by atoms with Gasteiger partial charge in [-0.25, -0.2) is 0 Å². The number of aliphatic hydroxyl groups is 4. The van der Waals surface area contributed by atoms with Crippen LogP contribution in [-0.4, -0.2) is 90.5 Å². The molecule has 2 fully saturated rings. The molecule has 214 valence electrons. The highest BCUT2D eigenvalue weighted by Gasteiger charge is 2.50. The van der Waals surface area contributed by atoms with E-state index in [1.165, 1.54) is 38.1 Å². The van der Waals surface area contributed by atoms with Crippen LogP contribution < -0.4 is 5.43 Å². The van der Waals surface area contributed by atoms with Crippen molar-refractivity contribution in [3.63, 3.8) is 0 Å². The number of hydrogen-bond acceptors (Lipinski definition) is 13. The number of hydrogen-bond donors (Lipinski definition) is 7. The van der Waals surface area contributed by atoms with Crippen LogP contribution in [0.1, 0.15) is 25.5 Å². The summed E-state index contributed by atoms with van der Waals surface area (Å²) in [5.74, 6) is -2.27. The molecule has 9 atom stereocenters. The molecule has 3 unspecified atom stereocenters. The number of rotatable bonds is 4. The van der Waals surface area contributed by atoms with Gasteiger partial charge in [-0.15, -0.1) is 0 Å². The van der Waals surface area contributed by atoms with Gasteiger partial charge in [0.25, 0.3) is 0 Å². The van der Waals surface area contributed by atoms with Crippen molar-refractivity contribution in [3.05, 3.63) is 52.2 Å². The van der Waals surface area contributed by atoms with Crippen LogP contribution in [0.4, 0.5) is 0 Å². The summed E-state index contributed by atoms with van der Waals surface area (Å²) in [5, 5.41) is 72.2. The molecule has 0 spiro atoms. The smallest absolute Gasteiger partial charge is 0.197 e. The highest BCUT2D eigenvalue weighted by molar-refractivity contribution is 5.92. The summed E-state index contributed by atoms with van der Waals surface area (Å²) in [4.78, 5) is 26.2. The number of ether oxygens (including phenoxy) is 3. The van der Waals surface area contributed by atoms with Crippen molar-refractivity contribution in [3.8, 4) is 28.6 Å². The highest BCUT2D eigenvalue weighted by atomic mass is 16.7. The second-order valence-electron chi connectivity index (χ2n) is 9.90. The van der Waals surface area contributed by atoms with E-state index in [-0.39, 0.29) is 22.5 Å². The van der Waals surface area contributed by atoms with Crippen molar-refractivity contribution in [2.24, 2.45) is 0 Å². The number of aliphatic hydroxyl groups excluding tert-OH is 4. The molecule has 13 heteroatoms. The molecule has 13 nitrogen and oxygen atoms in total. The molecule has 0 saturated carbocycles. The number of carbonyl (C=O) groups is 1. The zero-order chi connectivity index (χ0) is 29.0. The Hall–Kier alpha value is -3.56. The Labute approximate surface area is 226 Å². The van der Waals surface area contributed by atoms with Gasteiger partial charge in [-0.2, -0.15) is 0 Å². The second kappa shape index (κ2) is 10.4. The van der Waals surface area contributed by atoms with Gasteiger partial charge in [0, 0.05) is 17.7 Å². The summed E-state index contributed by atoms with van der Waals surface area (Å²) in [6.45, 7) is 2.77. The van der Waals surface area contributed by atoms with Crippen LogP contribution in [0.3, 0.4) is 0 Å². The van der Waals surface area contributed by atoms with Crippen molar-refractivity contribution in [1.29, 1.82) is 0 Å². The van der Waals surface area contributed by atoms with Gasteiger partial charge < -0.3 is 54.4 Å². The van der Waals surface area contributed by atoms with Gasteiger partial charge in [0.05, 0.1) is 17.8 Å². The number of Topliss-reactive ketones (excluding diaryl/α,β-unsaturated/α-hetero) is 1. The molecule has 1 aromatic heterocycles. The monoisotopic (exact) mass is 560 g/mol. The molecular formula is C27H28O13. The Bertz CT molecular complexity index is 1480. The Morgan fingerprint density at radius 3 is 2.17 bits per heavy atom. The fourth-order valence-corrected chi connectivity index (χ4v) is 4.91. The minimum Gasteiger partial charge on any atom is -0.508 e. The lowest BCUT2D eigenvalue weighted by molar-refractivity contribution is -0.314. The first-order chi connectivity index (χ1) is 18.9. The third-order valence-electron chi connectivity index (χ3n) is 7.19. The van der Waals surface area contributed by atoms with E-state index in [1.807, 2.05) is 0 Å². The lowest BCUT2D eigenvalue weighted by Crippen LogP contribution is -2.60. The molecule has 40 heavy (non-hydrogen) atoms. The molecule has 7 N–H and O–H groups in total. The summed E-state index contributed by atoms with van der Waals surface area (Å²) >= 11 is 0. The molecule has 5 rings (SSSR count). The lowest BCUT2D eigenvalue weighted by atomic mass is 9.90. The fourth-order valence-electron chi connectivity index (χ4n) is 4.91. The van der Waals surface area contributed by atoms with Gasteiger partial charge >= 0.3 is 0 Å². The number of ketones is 1. The molecule has 3 aromatic rings. The summed E-state index contributed by atoms with van der Waals surface area (Å²) < 4.78 is 22.6. The van der Waals surface area contributed by atoms with E-state index in [4.69, 9.17) is 18.6 Å². The van der Waals surface area contributed by atoms with E-state index in [0.717, 1.165) is 12.1 Å². The highest BCUT2D eigenvalue weighted by Crippen LogP contribution is 2.45. The average molecular weight is 561 g/mol. The molecule has 0 bridgehead atoms. The minimum atomic E-state index is -1.81. The molecule has 2 saturated heterocycles. The standard InChI is InChI=1S/C27H28O13/c1-9-20(32)23(35)26(40-27-24(36)22(34)19(31)10(2)38-27)25(37-9)18-14(30)8-16-17(21(18)33)13(29)7-15(39-16)11-3-5-12(28)6-4-11/h3-10,19-20,22,24-28,30-34,36H,1-2H3/t9?,10?,19-,20+,22-,24?,25-,26-,27-/m0/s1. The lowest BCUT2D eigenvalue weighted by Gasteiger charge is -2.43. The maximum absolute atomic E-state index is 13.1. The van der Waals surface area contributed by atoms with Crippen LogP contribution in [0.2, 0.25) is 0 Å². The van der Waals surface area contributed by atoms with Crippen molar-refractivity contribution < 1.29 is 59.2 Å². The Morgan fingerprint density at radius 2 is 1.50 bits per heavy atom. The first-order valence-corrected chi connectivity index (χ1v) is 12.4. The van der Waals surface area contributed by atoms with E-state index in [2.05, 4.69) is 0 Å². The third-order valence-corrected chi connectivity index (χ3v) is 7.19. The molecule has 0 radical (unpaired) electrons. The molecular weight excluding hydrogens is 532 g/mol. The van der Waals surface area contributed by atoms with Gasteiger partial charge in [0.2, 0.25) is 0 Å². The Balaban J connectivity index is 1.58. The number of fused-ring (bicyclic) bond motifs is 1. The van der Waals surface area contributed by atoms with Crippen LogP contribution >= 0.6 is 0 Å². The van der Waals surface area contributed by atoms with E-state index in [1.54, 1.807) is 0 Å². The maximum Gasteiger partial charge on any atom is 0.197 e. The van der Waals surface area contributed by atoms with E-state index in [9.17, 15) is 45.3 Å². The maximum atomic E-state index is 13.1. The second-order valence-corrected chi connectivity index (χ2v) is 9.90. The number of benzene rings is 2. The van der Waals surface area contributed by atoms with E-state index >= 15 is 0 Å². The fraction of sp³-hybridized carbons (Fsp3) is 0.407. The first-order valence-electron chi connectivity index (χ1n) is 12.4. The number of phenols is 3. The van der Waals surface area contributed by atoms with Gasteiger partial charge in [-0.3, -0.25) is 9.59 Å². The van der Waals surface area contributed by atoms with Crippen molar-refractivity contribution >= 4 is 16.8 Å². The van der Waals surface area contributed by atoms with Crippen molar-refractivity contribution in [1.82, 2.24) is 0 Å². The molecule has 2 aliphatic heterocycles. The minimum absolute atomic E-state index is 0.00347. The summed E-state index contributed by atoms with van der Waals surface area (Å²) in [5.41, 5.74) is -0.884. The van der Waals surface area contributed by atoms with Crippen molar-refractivity contribution in [2.45, 2.75) is 69.0 Å². The SMILES string of the molecule is CC1O[C@@H](c2c(O)cc3oc(-c4ccc(O)cc4)cc(=O)c3c2O)[C@@H](O[C@@H]2OC(C)[C@H](O)[C@H](O)C2O)C(=O)[C@@H]1O. The molecule has 0 aliphatic carbocycles. The number of carbonyl (C=O) groups excluding carboxylic acids is 1. The Morgan fingerprint density at radius 1 is 0.825 bits per heavy atom. The van der Waals surface area contributed by atoms with Gasteiger partial charge in [-0.05, 0) is 38.1 Å². The Kier molecular flexibility index (Phi) is 7.31. The summed E-state index contributed by atoms with van der Waals surface area (Å²) in [6, 6.07) is 7.92. The van der Waals surface area contributed by atoms with Gasteiger partial charge in [-0.1, -0.05) is 0 Å². The number of aromatic hydroxyl groups is 3. The summed E-state index contributed by atoms with van der Waals surface area (Å²) in [7, 11) is 0. The summed E-state index contributed by atoms with van der Waals surface area (Å²) in [6.07, 6.45) is -13.9. The molecule has 3 heterocycles. The van der Waals surface area contributed by atoms with Crippen LogP contribution in [0.25, 0.3) is 22.3 Å². The van der Waals surface area contributed by atoms with Crippen molar-refractivity contribution in [2.75, 3.05) is 0 Å². The molecule has 2 aliphatic rings. The predicted molar refractivity (Wildman–Crippen MR) is 134 cm³/mol. The molecule has 0 amide bonds. The van der Waals surface area contributed by atoms with Crippen LogP contribution in [-0.2, 0) is 19.0 Å². The molecule has 2 aromatic carbocycles. The topological polar surface area (TPSA) is 217 Å².